The lowest BCUT2D eigenvalue weighted by Gasteiger charge is -2.48. The third-order valence-corrected chi connectivity index (χ3v) is 9.26. The van der Waals surface area contributed by atoms with Crippen molar-refractivity contribution in [1.82, 2.24) is 19.6 Å². The fraction of sp³-hybridized carbons (Fsp3) is 0.933. The van der Waals surface area contributed by atoms with E-state index in [1.807, 2.05) is 16.8 Å². The minimum atomic E-state index is -1.03. The number of rotatable bonds is 8. The molecule has 0 aliphatic carbocycles. The molecule has 4 heterocycles. The van der Waals surface area contributed by atoms with Crippen LogP contribution < -0.4 is 0 Å². The highest BCUT2D eigenvalue weighted by atomic mass is 19.1. The zero-order valence-electron chi connectivity index (χ0n) is 25.3. The van der Waals surface area contributed by atoms with E-state index in [0.29, 0.717) is 76.8 Å². The number of hydrogen-bond acceptors (Lipinski definition) is 6. The Hall–Kier alpha value is -1.29. The lowest BCUT2D eigenvalue weighted by molar-refractivity contribution is -0.298. The standard InChI is InChI=1S/C30H53FN4O4/c1-22(2)17-25-28(37)35(16-15-32(25)6)26(18-23(3)4)27(36)34-13-9-30(10-14-34)38-20-24(21-39-30)19-33-11-7-29(5,31)8-12-33/h22-26H,7-21H2,1-6H3/t25-,26-/m0/s1. The Morgan fingerprint density at radius 2 is 1.56 bits per heavy atom. The molecule has 2 amide bonds. The molecule has 4 aliphatic heterocycles. The molecule has 4 rings (SSSR count). The summed E-state index contributed by atoms with van der Waals surface area (Å²) in [6, 6.07) is -0.572. The first-order valence-electron chi connectivity index (χ1n) is 15.4. The summed E-state index contributed by atoms with van der Waals surface area (Å²) in [5.41, 5.74) is -1.03. The first-order chi connectivity index (χ1) is 18.4. The summed E-state index contributed by atoms with van der Waals surface area (Å²) < 4.78 is 26.8. The molecule has 0 aromatic carbocycles. The number of alkyl halides is 1. The van der Waals surface area contributed by atoms with E-state index in [0.717, 1.165) is 32.6 Å². The van der Waals surface area contributed by atoms with Crippen molar-refractivity contribution >= 4 is 11.8 Å². The fourth-order valence-electron chi connectivity index (χ4n) is 6.62. The zero-order chi connectivity index (χ0) is 28.4. The van der Waals surface area contributed by atoms with Gasteiger partial charge in [0, 0.05) is 64.6 Å². The average molecular weight is 553 g/mol. The molecular weight excluding hydrogens is 499 g/mol. The number of piperidine rings is 2. The maximum absolute atomic E-state index is 14.1. The van der Waals surface area contributed by atoms with Crippen LogP contribution in [0.2, 0.25) is 0 Å². The van der Waals surface area contributed by atoms with Gasteiger partial charge in [0.25, 0.3) is 0 Å². The van der Waals surface area contributed by atoms with Crippen LogP contribution in [0.5, 0.6) is 0 Å². The number of nitrogens with zero attached hydrogens (tertiary/aromatic N) is 4. The molecule has 0 aromatic rings. The molecule has 8 nitrogen and oxygen atoms in total. The van der Waals surface area contributed by atoms with Crippen LogP contribution in [0.4, 0.5) is 4.39 Å². The van der Waals surface area contributed by atoms with E-state index in [1.165, 1.54) is 0 Å². The number of likely N-dealkylation sites (tertiary alicyclic amines) is 2. The van der Waals surface area contributed by atoms with E-state index < -0.39 is 17.5 Å². The maximum atomic E-state index is 14.1. The van der Waals surface area contributed by atoms with Gasteiger partial charge in [-0.05, 0) is 51.5 Å². The number of piperazine rings is 1. The average Bonchev–Trinajstić information content (AvgIpc) is 2.88. The zero-order valence-corrected chi connectivity index (χ0v) is 25.3. The molecule has 9 heteroatoms. The number of likely N-dealkylation sites (N-methyl/N-ethyl adjacent to an activating group) is 1. The smallest absolute Gasteiger partial charge is 0.245 e. The molecule has 224 valence electrons. The van der Waals surface area contributed by atoms with Crippen LogP contribution in [-0.4, -0.2) is 121 Å². The van der Waals surface area contributed by atoms with E-state index in [4.69, 9.17) is 9.47 Å². The summed E-state index contributed by atoms with van der Waals surface area (Å²) in [5, 5.41) is 0. The van der Waals surface area contributed by atoms with E-state index in [1.54, 1.807) is 6.92 Å². The van der Waals surface area contributed by atoms with Crippen molar-refractivity contribution in [3.8, 4) is 0 Å². The van der Waals surface area contributed by atoms with Crippen molar-refractivity contribution in [1.29, 1.82) is 0 Å². The molecule has 39 heavy (non-hydrogen) atoms. The highest BCUT2D eigenvalue weighted by Gasteiger charge is 2.45. The van der Waals surface area contributed by atoms with Gasteiger partial charge >= 0.3 is 0 Å². The molecule has 4 saturated heterocycles. The van der Waals surface area contributed by atoms with Gasteiger partial charge in [-0.2, -0.15) is 0 Å². The molecule has 4 aliphatic rings. The van der Waals surface area contributed by atoms with Gasteiger partial charge in [0.1, 0.15) is 11.7 Å². The summed E-state index contributed by atoms with van der Waals surface area (Å²) in [6.45, 7) is 16.5. The lowest BCUT2D eigenvalue weighted by atomic mass is 9.94. The predicted molar refractivity (Wildman–Crippen MR) is 150 cm³/mol. The van der Waals surface area contributed by atoms with Crippen molar-refractivity contribution < 1.29 is 23.5 Å². The minimum Gasteiger partial charge on any atom is -0.349 e. The normalized spacial score (nSPS) is 28.0. The monoisotopic (exact) mass is 552 g/mol. The Kier molecular flexibility index (Phi) is 9.99. The Labute approximate surface area is 235 Å². The van der Waals surface area contributed by atoms with Crippen LogP contribution in [0.3, 0.4) is 0 Å². The molecule has 0 bridgehead atoms. The molecule has 0 radical (unpaired) electrons. The summed E-state index contributed by atoms with van der Waals surface area (Å²) in [4.78, 5) is 35.8. The van der Waals surface area contributed by atoms with E-state index in [9.17, 15) is 14.0 Å². The van der Waals surface area contributed by atoms with E-state index >= 15 is 0 Å². The summed E-state index contributed by atoms with van der Waals surface area (Å²) in [5.74, 6) is 0.563. The van der Waals surface area contributed by atoms with Crippen molar-refractivity contribution in [2.75, 3.05) is 66.1 Å². The molecule has 4 fully saturated rings. The summed E-state index contributed by atoms with van der Waals surface area (Å²) >= 11 is 0. The van der Waals surface area contributed by atoms with Gasteiger partial charge in [0.2, 0.25) is 11.8 Å². The second kappa shape index (κ2) is 12.7. The summed E-state index contributed by atoms with van der Waals surface area (Å²) in [6.07, 6.45) is 3.96. The molecule has 0 unspecified atom stereocenters. The predicted octanol–water partition coefficient (Wildman–Crippen LogP) is 3.40. The third kappa shape index (κ3) is 7.72. The van der Waals surface area contributed by atoms with Crippen LogP contribution in [0, 0.1) is 17.8 Å². The topological polar surface area (TPSA) is 65.6 Å². The minimum absolute atomic E-state index is 0.0680. The van der Waals surface area contributed by atoms with Crippen LogP contribution in [-0.2, 0) is 19.1 Å². The number of amides is 2. The van der Waals surface area contributed by atoms with Crippen molar-refractivity contribution in [3.05, 3.63) is 0 Å². The second-order valence-electron chi connectivity index (χ2n) is 13.7. The first kappa shape index (κ1) is 30.7. The molecule has 0 N–H and O–H groups in total. The number of hydrogen-bond donors (Lipinski definition) is 0. The second-order valence-corrected chi connectivity index (χ2v) is 13.7. The lowest BCUT2D eigenvalue weighted by Crippen LogP contribution is -2.63. The Morgan fingerprint density at radius 1 is 0.949 bits per heavy atom. The molecular formula is C30H53FN4O4. The Bertz CT molecular complexity index is 825. The number of halogens is 1. The molecule has 2 atom stereocenters. The quantitative estimate of drug-likeness (QED) is 0.460. The summed E-state index contributed by atoms with van der Waals surface area (Å²) in [7, 11) is 2.02. The first-order valence-corrected chi connectivity index (χ1v) is 15.4. The molecule has 1 spiro atoms. The van der Waals surface area contributed by atoms with Crippen molar-refractivity contribution in [2.24, 2.45) is 17.8 Å². The van der Waals surface area contributed by atoms with Gasteiger partial charge in [0.05, 0.1) is 19.3 Å². The van der Waals surface area contributed by atoms with Gasteiger partial charge < -0.3 is 24.2 Å². The van der Waals surface area contributed by atoms with Gasteiger partial charge in [0.15, 0.2) is 5.79 Å². The highest BCUT2D eigenvalue weighted by Crippen LogP contribution is 2.34. The van der Waals surface area contributed by atoms with Crippen LogP contribution in [0.1, 0.15) is 73.1 Å². The number of carbonyl (C=O) groups excluding carboxylic acids is 2. The van der Waals surface area contributed by atoms with Gasteiger partial charge in [-0.15, -0.1) is 0 Å². The van der Waals surface area contributed by atoms with Crippen LogP contribution in [0.25, 0.3) is 0 Å². The van der Waals surface area contributed by atoms with Crippen LogP contribution >= 0.6 is 0 Å². The maximum Gasteiger partial charge on any atom is 0.245 e. The van der Waals surface area contributed by atoms with E-state index in [2.05, 4.69) is 37.5 Å². The highest BCUT2D eigenvalue weighted by molar-refractivity contribution is 5.90. The Balaban J connectivity index is 1.30. The Morgan fingerprint density at radius 3 is 2.13 bits per heavy atom. The number of ether oxygens (including phenoxy) is 2. The van der Waals surface area contributed by atoms with E-state index in [-0.39, 0.29) is 23.8 Å². The number of carbonyl (C=O) groups is 2. The largest absolute Gasteiger partial charge is 0.349 e. The van der Waals surface area contributed by atoms with Crippen molar-refractivity contribution in [3.63, 3.8) is 0 Å². The van der Waals surface area contributed by atoms with Gasteiger partial charge in [-0.3, -0.25) is 14.5 Å². The van der Waals surface area contributed by atoms with Crippen molar-refractivity contribution in [2.45, 2.75) is 96.7 Å². The third-order valence-electron chi connectivity index (χ3n) is 9.26. The van der Waals surface area contributed by atoms with Gasteiger partial charge in [-0.25, -0.2) is 4.39 Å². The fourth-order valence-corrected chi connectivity index (χ4v) is 6.62. The van der Waals surface area contributed by atoms with Crippen LogP contribution in [0.15, 0.2) is 0 Å². The molecule has 0 aromatic heterocycles. The SMILES string of the molecule is CC(C)C[C@H]1C(=O)N([C@@H](CC(C)C)C(=O)N2CCC3(CC2)OCC(CN2CCC(C)(F)CC2)CO3)CCN1C. The van der Waals surface area contributed by atoms with Gasteiger partial charge in [-0.1, -0.05) is 27.7 Å². The molecule has 0 saturated carbocycles.